The van der Waals surface area contributed by atoms with Crippen LogP contribution in [-0.4, -0.2) is 52.2 Å². The summed E-state index contributed by atoms with van der Waals surface area (Å²) in [4.78, 5) is 29.2. The van der Waals surface area contributed by atoms with Gasteiger partial charge in [-0.05, 0) is 31.7 Å². The molecule has 1 N–H and O–H groups in total. The number of amides is 2. The van der Waals surface area contributed by atoms with Crippen molar-refractivity contribution in [2.45, 2.75) is 44.0 Å². The zero-order chi connectivity index (χ0) is 33.5. The Morgan fingerprint density at radius 1 is 0.977 bits per heavy atom. The Hall–Kier alpha value is -4.50. The fourth-order valence-corrected chi connectivity index (χ4v) is 8.08. The molecule has 2 aromatic heterocycles. The van der Waals surface area contributed by atoms with E-state index in [0.29, 0.717) is 28.3 Å². The first kappa shape index (κ1) is 20.4. The number of benzene rings is 4. The number of nitrogens with zero attached hydrogens (tertiary/aromatic N) is 3. The summed E-state index contributed by atoms with van der Waals surface area (Å²) in [7, 11) is 3.49. The molecule has 0 unspecified atom stereocenters. The molecule has 4 atom stereocenters. The van der Waals surface area contributed by atoms with Gasteiger partial charge in [0.05, 0.1) is 40.0 Å². The summed E-state index contributed by atoms with van der Waals surface area (Å²) in [5.74, 6) is -0.864. The number of hydrogen-bond acceptors (Lipinski definition) is 5. The Morgan fingerprint density at radius 2 is 1.60 bits per heavy atom. The molecule has 8 heteroatoms. The molecule has 9 rings (SSSR count). The zero-order valence-corrected chi connectivity index (χ0v) is 23.7. The Balaban J connectivity index is 1.37. The first-order valence-corrected chi connectivity index (χ1v) is 14.3. The maximum Gasteiger partial charge on any atom is 0.259 e. The number of ether oxygens (including phenoxy) is 2. The lowest BCUT2D eigenvalue weighted by atomic mass is 9.91. The van der Waals surface area contributed by atoms with Crippen molar-refractivity contribution in [3.8, 4) is 0 Å². The Morgan fingerprint density at radius 3 is 2.30 bits per heavy atom. The van der Waals surface area contributed by atoms with E-state index in [1.165, 1.54) is 0 Å². The second-order valence-corrected chi connectivity index (χ2v) is 11.8. The van der Waals surface area contributed by atoms with E-state index < -0.39 is 35.9 Å². The maximum absolute atomic E-state index is 13.6. The molecule has 5 heterocycles. The van der Waals surface area contributed by atoms with E-state index in [4.69, 9.17) is 16.3 Å². The number of nitrogens with one attached hydrogen (secondary N) is 1. The summed E-state index contributed by atoms with van der Waals surface area (Å²) < 4.78 is 59.5. The van der Waals surface area contributed by atoms with Gasteiger partial charge < -0.3 is 18.6 Å². The lowest BCUT2D eigenvalue weighted by molar-refractivity contribution is -0.268. The van der Waals surface area contributed by atoms with E-state index in [2.05, 4.69) is 14.5 Å². The van der Waals surface area contributed by atoms with Crippen LogP contribution in [0.1, 0.15) is 52.7 Å². The highest BCUT2D eigenvalue weighted by Gasteiger charge is 2.54. The summed E-state index contributed by atoms with van der Waals surface area (Å²) in [6, 6.07) is 13.6. The third-order valence-electron chi connectivity index (χ3n) is 9.65. The number of rotatable bonds is 4. The minimum atomic E-state index is -1.15. The van der Waals surface area contributed by atoms with Crippen molar-refractivity contribution in [1.82, 2.24) is 19.4 Å². The van der Waals surface area contributed by atoms with Gasteiger partial charge >= 0.3 is 0 Å². The molecule has 214 valence electrons. The van der Waals surface area contributed by atoms with Crippen molar-refractivity contribution in [1.29, 1.82) is 0 Å². The fourth-order valence-electron chi connectivity index (χ4n) is 8.08. The van der Waals surface area contributed by atoms with E-state index in [0.717, 1.165) is 32.8 Å². The van der Waals surface area contributed by atoms with Crippen molar-refractivity contribution in [2.24, 2.45) is 0 Å². The van der Waals surface area contributed by atoms with E-state index in [-0.39, 0.29) is 42.3 Å². The largest absolute Gasteiger partial charge is 0.375 e. The van der Waals surface area contributed by atoms with Crippen LogP contribution >= 0.6 is 0 Å². The van der Waals surface area contributed by atoms with Gasteiger partial charge in [0.15, 0.2) is 5.72 Å². The number of carbonyl (C=O) groups is 2. The number of likely N-dealkylation sites (N-methyl/N-ethyl adjacent to an activating group) is 1. The number of aromatic nitrogens is 2. The van der Waals surface area contributed by atoms with Crippen LogP contribution in [0.5, 0.6) is 0 Å². The van der Waals surface area contributed by atoms with Crippen LogP contribution < -0.4 is 5.32 Å². The minimum Gasteiger partial charge on any atom is -0.375 e. The van der Waals surface area contributed by atoms with Gasteiger partial charge in [0.2, 0.25) is 0 Å². The number of methoxy groups -OCH3 is 1. The van der Waals surface area contributed by atoms with Crippen molar-refractivity contribution in [3.05, 3.63) is 95.4 Å². The van der Waals surface area contributed by atoms with Crippen molar-refractivity contribution in [3.63, 3.8) is 0 Å². The first-order chi connectivity index (χ1) is 23.0. The molecule has 0 spiro atoms. The lowest BCUT2D eigenvalue weighted by Gasteiger charge is -2.50. The molecular weight excluding hydrogens is 540 g/mol. The first-order valence-electron chi connectivity index (χ1n) is 16.8. The van der Waals surface area contributed by atoms with Gasteiger partial charge in [-0.15, -0.1) is 0 Å². The van der Waals surface area contributed by atoms with Crippen LogP contribution in [0.25, 0.3) is 43.6 Å². The highest BCUT2D eigenvalue weighted by molar-refractivity contribution is 6.39. The normalized spacial score (nSPS) is 26.1. The number of imide groups is 1. The topological polar surface area (TPSA) is 77.7 Å². The van der Waals surface area contributed by atoms with Crippen molar-refractivity contribution >= 4 is 55.4 Å². The number of carbonyl (C=O) groups excluding carboxylic acids is 2. The highest BCUT2D eigenvalue weighted by Crippen LogP contribution is 2.54. The van der Waals surface area contributed by atoms with Gasteiger partial charge in [-0.25, -0.2) is 0 Å². The van der Waals surface area contributed by atoms with Crippen LogP contribution in [0, 0.1) is 0 Å². The predicted octanol–water partition coefficient (Wildman–Crippen LogP) is 5.91. The average molecular weight is 576 g/mol. The number of para-hydroxylation sites is 2. The Kier molecular flexibility index (Phi) is 4.05. The van der Waals surface area contributed by atoms with E-state index in [9.17, 15) is 9.59 Å². The smallest absolute Gasteiger partial charge is 0.259 e. The molecule has 0 radical (unpaired) electrons. The molecule has 3 aliphatic rings. The monoisotopic (exact) mass is 575 g/mol. The van der Waals surface area contributed by atoms with Crippen LogP contribution in [0.4, 0.5) is 0 Å². The third-order valence-corrected chi connectivity index (χ3v) is 9.65. The Labute approximate surface area is 254 Å². The quantitative estimate of drug-likeness (QED) is 0.265. The van der Waals surface area contributed by atoms with Gasteiger partial charge in [-0.2, -0.15) is 0 Å². The van der Waals surface area contributed by atoms with Crippen LogP contribution in [0.15, 0.2) is 78.7 Å². The Bertz CT molecular complexity index is 2440. The SMILES string of the molecule is [2H]c1c([2H])c([2H])c(CN(C)[C@@H]2C[C@H]3O[C@@](C)([C@@H]2OC)n2c4ccccc4c4c5c(c6c7ccccc7n3c6c42)C(=O)NC5=O)c([2H])c1[2H]. The molecule has 0 aliphatic carbocycles. The minimum absolute atomic E-state index is 0.0720. The molecule has 0 saturated carbocycles. The summed E-state index contributed by atoms with van der Waals surface area (Å²) in [6.45, 7) is 2.05. The van der Waals surface area contributed by atoms with Crippen molar-refractivity contribution in [2.75, 3.05) is 14.2 Å². The van der Waals surface area contributed by atoms with Crippen molar-refractivity contribution < 1.29 is 25.9 Å². The molecule has 3 aliphatic heterocycles. The van der Waals surface area contributed by atoms with Gasteiger partial charge in [0, 0.05) is 47.7 Å². The number of fused-ring (bicyclic) bond motifs is 13. The molecule has 43 heavy (non-hydrogen) atoms. The lowest BCUT2D eigenvalue weighted by Crippen LogP contribution is -2.60. The molecular formula is C35H30N4O4. The van der Waals surface area contributed by atoms with Gasteiger partial charge in [0.25, 0.3) is 11.8 Å². The summed E-state index contributed by atoms with van der Waals surface area (Å²) in [6.07, 6.45) is -0.753. The standard InChI is InChI=1S/C35H30N4O4/c1-35-32(42-3)24(37(2)18-19-11-5-4-6-12-19)17-25(43-35)38-22-15-9-7-13-20(22)26-28-29(34(41)36-33(28)40)27-21-14-8-10-16-23(21)39(35)31(27)30(26)38/h4-16,24-25,32H,17-18H2,1-3H3,(H,36,40,41)/t24-,25-,32-,35+/m1/s1/i4D,5D,6D,11D,12D. The highest BCUT2D eigenvalue weighted by atomic mass is 16.6. The van der Waals surface area contributed by atoms with Crippen LogP contribution in [0.2, 0.25) is 0 Å². The average Bonchev–Trinajstić information content (AvgIpc) is 3.69. The molecule has 2 bridgehead atoms. The van der Waals surface area contributed by atoms with E-state index in [1.54, 1.807) is 7.11 Å². The second-order valence-electron chi connectivity index (χ2n) is 11.8. The van der Waals surface area contributed by atoms with Gasteiger partial charge in [0.1, 0.15) is 12.3 Å². The maximum atomic E-state index is 13.6. The summed E-state index contributed by atoms with van der Waals surface area (Å²) in [5, 5.41) is 5.57. The summed E-state index contributed by atoms with van der Waals surface area (Å²) >= 11 is 0. The molecule has 1 saturated heterocycles. The fraction of sp³-hybridized carbons (Fsp3) is 0.257. The van der Waals surface area contributed by atoms with Gasteiger partial charge in [-0.1, -0.05) is 66.6 Å². The van der Waals surface area contributed by atoms with E-state index >= 15 is 0 Å². The second kappa shape index (κ2) is 8.54. The molecule has 2 amide bonds. The predicted molar refractivity (Wildman–Crippen MR) is 165 cm³/mol. The third kappa shape index (κ3) is 3.05. The van der Waals surface area contributed by atoms with Crippen LogP contribution in [0.3, 0.4) is 0 Å². The van der Waals surface area contributed by atoms with E-state index in [1.807, 2.05) is 67.4 Å². The van der Waals surface area contributed by atoms with Crippen LogP contribution in [-0.2, 0) is 21.7 Å². The molecule has 4 aromatic carbocycles. The zero-order valence-electron chi connectivity index (χ0n) is 28.7. The summed E-state index contributed by atoms with van der Waals surface area (Å²) in [5.41, 5.74) is 2.98. The molecule has 6 aromatic rings. The molecule has 8 nitrogen and oxygen atoms in total. The van der Waals surface area contributed by atoms with Gasteiger partial charge in [-0.3, -0.25) is 19.8 Å². The number of hydrogen-bond donors (Lipinski definition) is 1. The molecule has 1 fully saturated rings.